The highest BCUT2D eigenvalue weighted by Gasteiger charge is 2.40. The van der Waals surface area contributed by atoms with E-state index >= 15 is 0 Å². The third kappa shape index (κ3) is 4.50. The summed E-state index contributed by atoms with van der Waals surface area (Å²) in [4.78, 5) is 24.7. The van der Waals surface area contributed by atoms with E-state index in [1.165, 1.54) is 0 Å². The number of aromatic nitrogens is 1. The van der Waals surface area contributed by atoms with Crippen molar-refractivity contribution in [1.82, 2.24) is 15.8 Å². The van der Waals surface area contributed by atoms with Crippen LogP contribution in [0.2, 0.25) is 0 Å². The van der Waals surface area contributed by atoms with Crippen LogP contribution in [0.3, 0.4) is 0 Å². The Labute approximate surface area is 165 Å². The van der Waals surface area contributed by atoms with Gasteiger partial charge in [-0.15, -0.1) is 0 Å². The Balaban J connectivity index is 1.28. The molecule has 2 bridgehead atoms. The number of alkyl carbamates (subject to hydrolysis) is 1. The molecule has 0 aliphatic heterocycles. The lowest BCUT2D eigenvalue weighted by Crippen LogP contribution is -2.52. The Bertz CT molecular complexity index is 734. The largest absolute Gasteiger partial charge is 0.444 e. The van der Waals surface area contributed by atoms with Crippen molar-refractivity contribution < 1.29 is 18.8 Å². The molecule has 2 amide bonds. The first-order chi connectivity index (χ1) is 13.3. The summed E-state index contributed by atoms with van der Waals surface area (Å²) in [6.07, 6.45) is 6.79. The van der Waals surface area contributed by atoms with Crippen LogP contribution >= 0.6 is 0 Å². The van der Waals surface area contributed by atoms with E-state index in [9.17, 15) is 9.59 Å². The molecule has 2 N–H and O–H groups in total. The number of nitrogens with zero attached hydrogens (tertiary/aromatic N) is 1. The molecule has 1 heterocycles. The first kappa shape index (κ1) is 19.3. The van der Waals surface area contributed by atoms with Crippen LogP contribution in [0.15, 0.2) is 10.6 Å². The molecule has 4 atom stereocenters. The summed E-state index contributed by atoms with van der Waals surface area (Å²) in [6.45, 7) is 5.62. The minimum absolute atomic E-state index is 0.131. The summed E-state index contributed by atoms with van der Waals surface area (Å²) in [5.74, 6) is 2.06. The van der Waals surface area contributed by atoms with Gasteiger partial charge in [0.15, 0.2) is 5.69 Å². The first-order valence-corrected chi connectivity index (χ1v) is 10.6. The van der Waals surface area contributed by atoms with Crippen LogP contribution in [0.1, 0.15) is 87.9 Å². The maximum atomic E-state index is 12.6. The predicted octanol–water partition coefficient (Wildman–Crippen LogP) is 3.75. The lowest BCUT2D eigenvalue weighted by atomic mass is 9.67. The second-order valence-electron chi connectivity index (χ2n) is 9.63. The van der Waals surface area contributed by atoms with Gasteiger partial charge in [-0.25, -0.2) is 4.79 Å². The van der Waals surface area contributed by atoms with E-state index in [0.717, 1.165) is 50.7 Å². The average Bonchev–Trinajstić information content (AvgIpc) is 3.34. The predicted molar refractivity (Wildman–Crippen MR) is 103 cm³/mol. The number of carbonyl (C=O) groups is 2. The molecule has 0 radical (unpaired) electrons. The molecule has 1 aromatic heterocycles. The van der Waals surface area contributed by atoms with Gasteiger partial charge in [-0.1, -0.05) is 5.16 Å². The standard InChI is InChI=1S/C21H31N3O4/c1-21(2,3)27-20(26)23-16-9-7-13-10-14(16)6-8-15(13)22-19(25)17-11-18(28-24-17)12-4-5-12/h11-16H,4-10H2,1-3H3,(H,22,25)(H,23,26). The van der Waals surface area contributed by atoms with Gasteiger partial charge in [0.1, 0.15) is 11.4 Å². The van der Waals surface area contributed by atoms with Crippen LogP contribution in [0.4, 0.5) is 4.79 Å². The molecule has 7 heteroatoms. The lowest BCUT2D eigenvalue weighted by molar-refractivity contribution is 0.0405. The van der Waals surface area contributed by atoms with Crippen LogP contribution in [-0.2, 0) is 4.74 Å². The Hall–Kier alpha value is -2.05. The van der Waals surface area contributed by atoms with E-state index in [1.54, 1.807) is 6.07 Å². The van der Waals surface area contributed by atoms with Crippen LogP contribution in [0.25, 0.3) is 0 Å². The van der Waals surface area contributed by atoms with E-state index in [-0.39, 0.29) is 24.1 Å². The summed E-state index contributed by atoms with van der Waals surface area (Å²) in [7, 11) is 0. The zero-order chi connectivity index (χ0) is 19.9. The van der Waals surface area contributed by atoms with Crippen molar-refractivity contribution in [3.8, 4) is 0 Å². The Morgan fingerprint density at radius 2 is 1.68 bits per heavy atom. The van der Waals surface area contributed by atoms with E-state index in [4.69, 9.17) is 9.26 Å². The smallest absolute Gasteiger partial charge is 0.407 e. The fourth-order valence-corrected chi connectivity index (χ4v) is 4.65. The number of carbonyl (C=O) groups excluding carboxylic acids is 2. The number of amides is 2. The van der Waals surface area contributed by atoms with E-state index in [2.05, 4.69) is 15.8 Å². The van der Waals surface area contributed by atoms with Crippen molar-refractivity contribution >= 4 is 12.0 Å². The number of fused-ring (bicyclic) bond motifs is 2. The van der Waals surface area contributed by atoms with Gasteiger partial charge in [0.05, 0.1) is 0 Å². The molecule has 1 aromatic rings. The second kappa shape index (κ2) is 7.41. The molecule has 3 aliphatic carbocycles. The van der Waals surface area contributed by atoms with Gasteiger partial charge >= 0.3 is 6.09 Å². The second-order valence-corrected chi connectivity index (χ2v) is 9.63. The fraction of sp³-hybridized carbons (Fsp3) is 0.762. The maximum Gasteiger partial charge on any atom is 0.407 e. The van der Waals surface area contributed by atoms with Gasteiger partial charge in [-0.05, 0) is 77.6 Å². The minimum Gasteiger partial charge on any atom is -0.444 e. The highest BCUT2D eigenvalue weighted by Crippen LogP contribution is 2.41. The van der Waals surface area contributed by atoms with Crippen molar-refractivity contribution in [2.75, 3.05) is 0 Å². The molecule has 7 nitrogen and oxygen atoms in total. The molecule has 4 rings (SSSR count). The molecular formula is C21H31N3O4. The van der Waals surface area contributed by atoms with Crippen LogP contribution in [-0.4, -0.2) is 34.8 Å². The lowest BCUT2D eigenvalue weighted by Gasteiger charge is -2.44. The monoisotopic (exact) mass is 389 g/mol. The first-order valence-electron chi connectivity index (χ1n) is 10.6. The highest BCUT2D eigenvalue weighted by molar-refractivity contribution is 5.92. The van der Waals surface area contributed by atoms with Gasteiger partial charge in [-0.2, -0.15) is 0 Å². The van der Waals surface area contributed by atoms with Crippen LogP contribution in [0.5, 0.6) is 0 Å². The topological polar surface area (TPSA) is 93.5 Å². The van der Waals surface area contributed by atoms with Crippen molar-refractivity contribution in [1.29, 1.82) is 0 Å². The summed E-state index contributed by atoms with van der Waals surface area (Å²) in [5.41, 5.74) is -0.0895. The van der Waals surface area contributed by atoms with Gasteiger partial charge < -0.3 is 19.9 Å². The Morgan fingerprint density at radius 1 is 1.04 bits per heavy atom. The molecule has 0 saturated heterocycles. The summed E-state index contributed by atoms with van der Waals surface area (Å²) >= 11 is 0. The highest BCUT2D eigenvalue weighted by atomic mass is 16.6. The molecule has 4 unspecified atom stereocenters. The van der Waals surface area contributed by atoms with Gasteiger partial charge in [0.2, 0.25) is 0 Å². The molecule has 3 saturated carbocycles. The Morgan fingerprint density at radius 3 is 2.29 bits per heavy atom. The van der Waals surface area contributed by atoms with Crippen molar-refractivity contribution in [3.63, 3.8) is 0 Å². The SMILES string of the molecule is CC(C)(C)OC(=O)NC1CCC2CC1CCC2NC(=O)c1cc(C2CC2)on1. The van der Waals surface area contributed by atoms with Crippen LogP contribution < -0.4 is 10.6 Å². The minimum atomic E-state index is -0.482. The molecule has 0 spiro atoms. The molecular weight excluding hydrogens is 358 g/mol. The molecule has 28 heavy (non-hydrogen) atoms. The zero-order valence-electron chi connectivity index (χ0n) is 17.0. The van der Waals surface area contributed by atoms with E-state index < -0.39 is 5.60 Å². The van der Waals surface area contributed by atoms with E-state index in [0.29, 0.717) is 23.4 Å². The molecule has 0 aromatic carbocycles. The van der Waals surface area contributed by atoms with E-state index in [1.807, 2.05) is 20.8 Å². The van der Waals surface area contributed by atoms with Gasteiger partial charge in [-0.3, -0.25) is 4.79 Å². The maximum absolute atomic E-state index is 12.6. The average molecular weight is 389 g/mol. The fourth-order valence-electron chi connectivity index (χ4n) is 4.65. The Kier molecular flexibility index (Phi) is 5.10. The molecule has 154 valence electrons. The summed E-state index contributed by atoms with van der Waals surface area (Å²) < 4.78 is 10.7. The summed E-state index contributed by atoms with van der Waals surface area (Å²) in [5, 5.41) is 10.2. The summed E-state index contributed by atoms with van der Waals surface area (Å²) in [6, 6.07) is 2.13. The number of rotatable bonds is 4. The number of ether oxygens (including phenoxy) is 1. The number of hydrogen-bond acceptors (Lipinski definition) is 5. The normalized spacial score (nSPS) is 29.8. The quantitative estimate of drug-likeness (QED) is 0.818. The molecule has 3 aliphatic rings. The third-order valence-electron chi connectivity index (χ3n) is 6.20. The van der Waals surface area contributed by atoms with Crippen molar-refractivity contribution in [2.45, 2.75) is 89.3 Å². The zero-order valence-corrected chi connectivity index (χ0v) is 17.0. The van der Waals surface area contributed by atoms with Gasteiger partial charge in [0, 0.05) is 24.1 Å². The number of hydrogen-bond donors (Lipinski definition) is 2. The molecule has 3 fully saturated rings. The van der Waals surface area contributed by atoms with Crippen molar-refractivity contribution in [2.24, 2.45) is 11.8 Å². The van der Waals surface area contributed by atoms with Gasteiger partial charge in [0.25, 0.3) is 5.91 Å². The number of nitrogens with one attached hydrogen (secondary N) is 2. The van der Waals surface area contributed by atoms with Crippen LogP contribution in [0, 0.1) is 11.8 Å². The van der Waals surface area contributed by atoms with Crippen molar-refractivity contribution in [3.05, 3.63) is 17.5 Å². The third-order valence-corrected chi connectivity index (χ3v) is 6.20.